The molecule has 1 aromatic rings. The molecule has 0 saturated carbocycles. The Morgan fingerprint density at radius 1 is 1.05 bits per heavy atom. The summed E-state index contributed by atoms with van der Waals surface area (Å²) >= 11 is 0. The van der Waals surface area contributed by atoms with E-state index < -0.39 is 0 Å². The van der Waals surface area contributed by atoms with E-state index in [0.29, 0.717) is 6.04 Å². The Bertz CT molecular complexity index is 418. The lowest BCUT2D eigenvalue weighted by molar-refractivity contribution is -0.0475. The molecule has 2 heteroatoms. The molecule has 21 heavy (non-hydrogen) atoms. The molecule has 1 saturated heterocycles. The van der Waals surface area contributed by atoms with Gasteiger partial charge in [0.05, 0.1) is 0 Å². The summed E-state index contributed by atoms with van der Waals surface area (Å²) in [5.41, 5.74) is 1.87. The minimum Gasteiger partial charge on any atom is -0.314 e. The van der Waals surface area contributed by atoms with Crippen molar-refractivity contribution in [3.05, 3.63) is 35.9 Å². The molecule has 0 atom stereocenters. The lowest BCUT2D eigenvalue weighted by atomic mass is 9.76. The van der Waals surface area contributed by atoms with Crippen LogP contribution < -0.4 is 5.32 Å². The highest BCUT2D eigenvalue weighted by molar-refractivity contribution is 5.16. The maximum absolute atomic E-state index is 3.74. The standard InChI is InChI=1S/C19H32N2/c1-6-12-20-17-13-18(2,3)21(19(4,5)14-17)15-16-10-8-7-9-11-16/h7-11,17,20H,6,12-15H2,1-5H3. The summed E-state index contributed by atoms with van der Waals surface area (Å²) in [5.74, 6) is 0. The van der Waals surface area contributed by atoms with Crippen molar-refractivity contribution in [1.29, 1.82) is 0 Å². The topological polar surface area (TPSA) is 15.3 Å². The lowest BCUT2D eigenvalue weighted by Gasteiger charge is -2.55. The zero-order valence-electron chi connectivity index (χ0n) is 14.4. The van der Waals surface area contributed by atoms with Gasteiger partial charge in [0.15, 0.2) is 0 Å². The van der Waals surface area contributed by atoms with Crippen LogP contribution in [0.1, 0.15) is 59.4 Å². The van der Waals surface area contributed by atoms with Gasteiger partial charge in [0.25, 0.3) is 0 Å². The van der Waals surface area contributed by atoms with E-state index in [-0.39, 0.29) is 11.1 Å². The van der Waals surface area contributed by atoms with E-state index in [4.69, 9.17) is 0 Å². The lowest BCUT2D eigenvalue weighted by Crippen LogP contribution is -2.63. The summed E-state index contributed by atoms with van der Waals surface area (Å²) in [4.78, 5) is 2.69. The second-order valence-electron chi connectivity index (χ2n) is 7.76. The first kappa shape index (κ1) is 16.5. The van der Waals surface area contributed by atoms with Crippen molar-refractivity contribution in [3.8, 4) is 0 Å². The van der Waals surface area contributed by atoms with E-state index in [9.17, 15) is 0 Å². The van der Waals surface area contributed by atoms with Gasteiger partial charge < -0.3 is 5.32 Å². The number of benzene rings is 1. The van der Waals surface area contributed by atoms with Gasteiger partial charge in [-0.1, -0.05) is 37.3 Å². The first-order chi connectivity index (χ1) is 9.85. The molecule has 1 N–H and O–H groups in total. The molecule has 2 rings (SSSR count). The molecule has 118 valence electrons. The van der Waals surface area contributed by atoms with E-state index >= 15 is 0 Å². The van der Waals surface area contributed by atoms with Gasteiger partial charge in [-0.05, 0) is 59.1 Å². The largest absolute Gasteiger partial charge is 0.314 e. The van der Waals surface area contributed by atoms with Crippen LogP contribution >= 0.6 is 0 Å². The van der Waals surface area contributed by atoms with Gasteiger partial charge in [0.2, 0.25) is 0 Å². The van der Waals surface area contributed by atoms with E-state index in [1.54, 1.807) is 0 Å². The van der Waals surface area contributed by atoms with Crippen LogP contribution in [0.5, 0.6) is 0 Å². The van der Waals surface area contributed by atoms with Gasteiger partial charge in [-0.25, -0.2) is 0 Å². The number of nitrogens with zero attached hydrogens (tertiary/aromatic N) is 1. The number of piperidine rings is 1. The number of hydrogen-bond acceptors (Lipinski definition) is 2. The SMILES string of the molecule is CCCNC1CC(C)(C)N(Cc2ccccc2)C(C)(C)C1. The van der Waals surface area contributed by atoms with Crippen molar-refractivity contribution in [3.63, 3.8) is 0 Å². The fraction of sp³-hybridized carbons (Fsp3) is 0.684. The van der Waals surface area contributed by atoms with Gasteiger partial charge in [0, 0.05) is 23.7 Å². The van der Waals surface area contributed by atoms with E-state index in [1.165, 1.54) is 24.8 Å². The van der Waals surface area contributed by atoms with Crippen LogP contribution in [0.3, 0.4) is 0 Å². The zero-order valence-corrected chi connectivity index (χ0v) is 14.4. The van der Waals surface area contributed by atoms with Crippen LogP contribution in [-0.2, 0) is 6.54 Å². The molecule has 1 aliphatic heterocycles. The average Bonchev–Trinajstić information content (AvgIpc) is 2.41. The molecule has 2 nitrogen and oxygen atoms in total. The van der Waals surface area contributed by atoms with Crippen LogP contribution in [0.2, 0.25) is 0 Å². The van der Waals surface area contributed by atoms with Crippen molar-refractivity contribution >= 4 is 0 Å². The number of hydrogen-bond donors (Lipinski definition) is 1. The highest BCUT2D eigenvalue weighted by Crippen LogP contribution is 2.39. The number of likely N-dealkylation sites (tertiary alicyclic amines) is 1. The Balaban J connectivity index is 2.13. The van der Waals surface area contributed by atoms with E-state index in [1.807, 2.05) is 0 Å². The zero-order chi connectivity index (χ0) is 15.5. The summed E-state index contributed by atoms with van der Waals surface area (Å²) in [6, 6.07) is 11.5. The van der Waals surface area contributed by atoms with E-state index in [2.05, 4.69) is 75.2 Å². The summed E-state index contributed by atoms with van der Waals surface area (Å²) in [7, 11) is 0. The molecule has 0 amide bonds. The Morgan fingerprint density at radius 3 is 2.14 bits per heavy atom. The molecule has 0 unspecified atom stereocenters. The molecule has 1 fully saturated rings. The van der Waals surface area contributed by atoms with Gasteiger partial charge in [0.1, 0.15) is 0 Å². The van der Waals surface area contributed by atoms with Crippen LogP contribution in [0.25, 0.3) is 0 Å². The molecule has 0 aliphatic carbocycles. The Kier molecular flexibility index (Phi) is 5.11. The Hall–Kier alpha value is -0.860. The van der Waals surface area contributed by atoms with Gasteiger partial charge in [-0.15, -0.1) is 0 Å². The molecule has 0 bridgehead atoms. The first-order valence-corrected chi connectivity index (χ1v) is 8.40. The summed E-state index contributed by atoms with van der Waals surface area (Å²) in [6.45, 7) is 14.0. The molecule has 0 radical (unpaired) electrons. The van der Waals surface area contributed by atoms with Crippen molar-refractivity contribution in [2.24, 2.45) is 0 Å². The third kappa shape index (κ3) is 4.08. The number of nitrogens with one attached hydrogen (secondary N) is 1. The first-order valence-electron chi connectivity index (χ1n) is 8.40. The second-order valence-corrected chi connectivity index (χ2v) is 7.76. The predicted molar refractivity (Wildman–Crippen MR) is 91.5 cm³/mol. The molecule has 1 aliphatic rings. The fourth-order valence-corrected chi connectivity index (χ4v) is 4.00. The molecule has 1 aromatic carbocycles. The van der Waals surface area contributed by atoms with Crippen LogP contribution in [-0.4, -0.2) is 28.6 Å². The quantitative estimate of drug-likeness (QED) is 0.873. The predicted octanol–water partition coefficient (Wildman–Crippen LogP) is 4.21. The van der Waals surface area contributed by atoms with Crippen molar-refractivity contribution in [1.82, 2.24) is 10.2 Å². The smallest absolute Gasteiger partial charge is 0.0244 e. The molecule has 0 spiro atoms. The monoisotopic (exact) mass is 288 g/mol. The van der Waals surface area contributed by atoms with Crippen LogP contribution in [0, 0.1) is 0 Å². The molecular formula is C19H32N2. The van der Waals surface area contributed by atoms with Crippen molar-refractivity contribution < 1.29 is 0 Å². The highest BCUT2D eigenvalue weighted by atomic mass is 15.3. The van der Waals surface area contributed by atoms with Crippen molar-refractivity contribution in [2.75, 3.05) is 6.54 Å². The second kappa shape index (κ2) is 6.50. The van der Waals surface area contributed by atoms with Gasteiger partial charge in [-0.3, -0.25) is 4.90 Å². The van der Waals surface area contributed by atoms with E-state index in [0.717, 1.165) is 13.1 Å². The molecule has 0 aromatic heterocycles. The maximum Gasteiger partial charge on any atom is 0.0244 e. The maximum atomic E-state index is 3.74. The minimum absolute atomic E-state index is 0.225. The van der Waals surface area contributed by atoms with Gasteiger partial charge in [-0.2, -0.15) is 0 Å². The fourth-order valence-electron chi connectivity index (χ4n) is 4.00. The Labute approximate surface area is 130 Å². The Morgan fingerprint density at radius 2 is 1.62 bits per heavy atom. The normalized spacial score (nSPS) is 22.3. The minimum atomic E-state index is 0.225. The summed E-state index contributed by atoms with van der Waals surface area (Å²) < 4.78 is 0. The molecule has 1 heterocycles. The third-order valence-corrected chi connectivity index (χ3v) is 4.82. The summed E-state index contributed by atoms with van der Waals surface area (Å²) in [6.07, 6.45) is 3.66. The van der Waals surface area contributed by atoms with Gasteiger partial charge >= 0.3 is 0 Å². The van der Waals surface area contributed by atoms with Crippen molar-refractivity contribution in [2.45, 2.75) is 77.5 Å². The summed E-state index contributed by atoms with van der Waals surface area (Å²) in [5, 5.41) is 3.74. The van der Waals surface area contributed by atoms with Crippen LogP contribution in [0.15, 0.2) is 30.3 Å². The third-order valence-electron chi connectivity index (χ3n) is 4.82. The van der Waals surface area contributed by atoms with Crippen LogP contribution in [0.4, 0.5) is 0 Å². The molecular weight excluding hydrogens is 256 g/mol. The average molecular weight is 288 g/mol. The highest BCUT2D eigenvalue weighted by Gasteiger charge is 2.44. The number of rotatable bonds is 5.